The maximum Gasteiger partial charge on any atom is 0.267 e. The number of aromatic nitrogens is 4. The molecule has 10 heteroatoms. The van der Waals surface area contributed by atoms with Crippen LogP contribution >= 0.6 is 0 Å². The minimum Gasteiger partial charge on any atom is -0.381 e. The molecule has 0 atom stereocenters. The predicted molar refractivity (Wildman–Crippen MR) is 139 cm³/mol. The summed E-state index contributed by atoms with van der Waals surface area (Å²) in [6, 6.07) is 8.31. The number of pyridine rings is 2. The van der Waals surface area contributed by atoms with E-state index in [-0.39, 0.29) is 23.3 Å². The lowest BCUT2D eigenvalue weighted by Gasteiger charge is -2.30. The number of rotatable bonds is 4. The second kappa shape index (κ2) is 9.60. The molecule has 4 aromatic rings. The Bertz CT molecular complexity index is 1560. The quantitative estimate of drug-likeness (QED) is 0.444. The molecule has 194 valence electrons. The van der Waals surface area contributed by atoms with Crippen molar-refractivity contribution < 1.29 is 18.7 Å². The number of halogens is 1. The number of nitrogens with two attached hydrogens (primary N) is 1. The molecule has 38 heavy (non-hydrogen) atoms. The molecule has 6 rings (SSSR count). The Morgan fingerprint density at radius 1 is 1.08 bits per heavy atom. The van der Waals surface area contributed by atoms with Gasteiger partial charge in [-0.25, -0.2) is 9.37 Å². The summed E-state index contributed by atoms with van der Waals surface area (Å²) >= 11 is 0. The van der Waals surface area contributed by atoms with Gasteiger partial charge in [0.05, 0.1) is 23.6 Å². The molecule has 1 saturated heterocycles. The van der Waals surface area contributed by atoms with Crippen LogP contribution in [-0.4, -0.2) is 56.0 Å². The van der Waals surface area contributed by atoms with E-state index in [9.17, 15) is 9.59 Å². The van der Waals surface area contributed by atoms with Crippen LogP contribution in [0.15, 0.2) is 42.7 Å². The van der Waals surface area contributed by atoms with Gasteiger partial charge in [-0.1, -0.05) is 6.07 Å². The van der Waals surface area contributed by atoms with Crippen LogP contribution in [0.1, 0.15) is 47.7 Å². The van der Waals surface area contributed by atoms with Gasteiger partial charge in [0.15, 0.2) is 0 Å². The van der Waals surface area contributed by atoms with Gasteiger partial charge in [0.25, 0.3) is 5.91 Å². The lowest BCUT2D eigenvalue weighted by atomic mass is 9.99. The normalized spacial score (nSPS) is 16.0. The molecule has 0 unspecified atom stereocenters. The Balaban J connectivity index is 1.48. The molecule has 0 saturated carbocycles. The number of carbonyl (C=O) groups is 2. The van der Waals surface area contributed by atoms with E-state index in [1.54, 1.807) is 42.4 Å². The number of benzene rings is 1. The molecule has 9 nitrogen and oxygen atoms in total. The molecule has 2 N–H and O–H groups in total. The molecule has 2 aliphatic heterocycles. The summed E-state index contributed by atoms with van der Waals surface area (Å²) in [4.78, 5) is 39.1. The van der Waals surface area contributed by atoms with Crippen molar-refractivity contribution in [2.45, 2.75) is 38.8 Å². The Kier molecular flexibility index (Phi) is 6.11. The van der Waals surface area contributed by atoms with E-state index in [0.717, 1.165) is 29.7 Å². The second-order valence-corrected chi connectivity index (χ2v) is 9.75. The number of hydrogen-bond acceptors (Lipinski definition) is 6. The van der Waals surface area contributed by atoms with Crippen molar-refractivity contribution in [3.63, 3.8) is 0 Å². The van der Waals surface area contributed by atoms with E-state index in [4.69, 9.17) is 15.5 Å². The number of imidazole rings is 1. The Labute approximate surface area is 218 Å². The summed E-state index contributed by atoms with van der Waals surface area (Å²) in [5, 5.41) is 1.42. The third-order valence-electron chi connectivity index (χ3n) is 7.47. The van der Waals surface area contributed by atoms with E-state index in [0.29, 0.717) is 60.7 Å². The van der Waals surface area contributed by atoms with Gasteiger partial charge < -0.3 is 19.9 Å². The lowest BCUT2D eigenvalue weighted by molar-refractivity contribution is -0.130. The second-order valence-electron chi connectivity index (χ2n) is 9.75. The minimum absolute atomic E-state index is 0.0170. The molecule has 0 bridgehead atoms. The molecule has 1 fully saturated rings. The van der Waals surface area contributed by atoms with Crippen molar-refractivity contribution >= 4 is 22.6 Å². The standard InChI is InChI=1S/C28H27FN6O3/c1-16(36)34-8-9-35-24(15-34)26(33-28(35)17-6-10-38-11-7-17)25-20-14-32-23(12-18(20)2-4-21(25)29)19-3-5-22(27(30)37)31-13-19/h2-5,12-14,17H,6-11,15H2,1H3,(H2,30,37). The van der Waals surface area contributed by atoms with E-state index in [2.05, 4.69) is 14.5 Å². The van der Waals surface area contributed by atoms with Crippen LogP contribution in [0.4, 0.5) is 4.39 Å². The zero-order valence-corrected chi connectivity index (χ0v) is 21.0. The van der Waals surface area contributed by atoms with Crippen molar-refractivity contribution in [3.8, 4) is 22.5 Å². The van der Waals surface area contributed by atoms with Gasteiger partial charge in [-0.15, -0.1) is 0 Å². The molecular formula is C28H27FN6O3. The van der Waals surface area contributed by atoms with E-state index in [1.807, 2.05) is 6.07 Å². The summed E-state index contributed by atoms with van der Waals surface area (Å²) in [6.45, 7) is 4.50. The number of primary amides is 1. The fourth-order valence-electron chi connectivity index (χ4n) is 5.41. The number of ether oxygens (including phenoxy) is 1. The molecule has 0 radical (unpaired) electrons. The van der Waals surface area contributed by atoms with Gasteiger partial charge >= 0.3 is 0 Å². The Hall–Kier alpha value is -4.18. The average molecular weight is 515 g/mol. The highest BCUT2D eigenvalue weighted by Gasteiger charge is 2.31. The lowest BCUT2D eigenvalue weighted by Crippen LogP contribution is -2.37. The van der Waals surface area contributed by atoms with Crippen LogP contribution in [0.3, 0.4) is 0 Å². The first-order chi connectivity index (χ1) is 18.4. The molecule has 5 heterocycles. The van der Waals surface area contributed by atoms with Crippen LogP contribution in [0.25, 0.3) is 33.3 Å². The van der Waals surface area contributed by atoms with Crippen molar-refractivity contribution in [1.29, 1.82) is 0 Å². The van der Waals surface area contributed by atoms with Gasteiger partial charge in [-0.2, -0.15) is 0 Å². The summed E-state index contributed by atoms with van der Waals surface area (Å²) in [6.07, 6.45) is 4.91. The minimum atomic E-state index is -0.602. The van der Waals surface area contributed by atoms with Crippen LogP contribution in [0.5, 0.6) is 0 Å². The first-order valence-electron chi connectivity index (χ1n) is 12.7. The maximum absolute atomic E-state index is 15.6. The SMILES string of the molecule is CC(=O)N1CCn2c(C3CCOCC3)nc(-c3c(F)ccc4cc(-c5ccc(C(N)=O)nc5)ncc34)c2C1. The van der Waals surface area contributed by atoms with Crippen molar-refractivity contribution in [2.75, 3.05) is 19.8 Å². The van der Waals surface area contributed by atoms with Gasteiger partial charge in [0, 0.05) is 68.1 Å². The highest BCUT2D eigenvalue weighted by atomic mass is 19.1. The van der Waals surface area contributed by atoms with E-state index < -0.39 is 5.91 Å². The fraction of sp³-hybridized carbons (Fsp3) is 0.321. The zero-order valence-electron chi connectivity index (χ0n) is 21.0. The Morgan fingerprint density at radius 2 is 1.89 bits per heavy atom. The summed E-state index contributed by atoms with van der Waals surface area (Å²) in [7, 11) is 0. The first kappa shape index (κ1) is 24.2. The van der Waals surface area contributed by atoms with Crippen LogP contribution in [-0.2, 0) is 22.6 Å². The number of fused-ring (bicyclic) bond motifs is 2. The highest BCUT2D eigenvalue weighted by molar-refractivity contribution is 5.98. The van der Waals surface area contributed by atoms with Gasteiger partial charge in [0.1, 0.15) is 17.3 Å². The van der Waals surface area contributed by atoms with Crippen LogP contribution < -0.4 is 5.73 Å². The molecule has 0 spiro atoms. The molecule has 2 amide bonds. The van der Waals surface area contributed by atoms with Gasteiger partial charge in [0.2, 0.25) is 5.91 Å². The zero-order chi connectivity index (χ0) is 26.4. The third-order valence-corrected chi connectivity index (χ3v) is 7.47. The molecule has 3 aromatic heterocycles. The summed E-state index contributed by atoms with van der Waals surface area (Å²) in [5.74, 6) is 0.146. The molecule has 2 aliphatic rings. The summed E-state index contributed by atoms with van der Waals surface area (Å²) in [5.41, 5.74) is 8.60. The molecule has 1 aromatic carbocycles. The number of hydrogen-bond donors (Lipinski definition) is 1. The Morgan fingerprint density at radius 3 is 2.61 bits per heavy atom. The van der Waals surface area contributed by atoms with Crippen LogP contribution in [0.2, 0.25) is 0 Å². The highest BCUT2D eigenvalue weighted by Crippen LogP contribution is 2.38. The third kappa shape index (κ3) is 4.20. The van der Waals surface area contributed by atoms with Gasteiger partial charge in [-0.05, 0) is 42.5 Å². The van der Waals surface area contributed by atoms with E-state index >= 15 is 4.39 Å². The number of carbonyl (C=O) groups excluding carboxylic acids is 2. The molecule has 0 aliphatic carbocycles. The topological polar surface area (TPSA) is 116 Å². The monoisotopic (exact) mass is 514 g/mol. The van der Waals surface area contributed by atoms with Crippen LogP contribution in [0, 0.1) is 5.82 Å². The average Bonchev–Trinajstić information content (AvgIpc) is 3.31. The largest absolute Gasteiger partial charge is 0.381 e. The fourth-order valence-corrected chi connectivity index (χ4v) is 5.41. The van der Waals surface area contributed by atoms with Crippen molar-refractivity contribution in [1.82, 2.24) is 24.4 Å². The van der Waals surface area contributed by atoms with Crippen molar-refractivity contribution in [2.24, 2.45) is 5.73 Å². The number of amides is 2. The predicted octanol–water partition coefficient (Wildman–Crippen LogP) is 3.65. The summed E-state index contributed by atoms with van der Waals surface area (Å²) < 4.78 is 23.3. The smallest absolute Gasteiger partial charge is 0.267 e. The first-order valence-corrected chi connectivity index (χ1v) is 12.7. The van der Waals surface area contributed by atoms with E-state index in [1.165, 1.54) is 6.07 Å². The maximum atomic E-state index is 15.6. The van der Waals surface area contributed by atoms with Crippen molar-refractivity contribution in [3.05, 3.63) is 65.8 Å². The molecular weight excluding hydrogens is 487 g/mol. The number of nitrogens with zero attached hydrogens (tertiary/aromatic N) is 5. The van der Waals surface area contributed by atoms with Gasteiger partial charge in [-0.3, -0.25) is 19.6 Å².